The maximum atomic E-state index is 13.3. The van der Waals surface area contributed by atoms with E-state index in [4.69, 9.17) is 23.2 Å². The van der Waals surface area contributed by atoms with Gasteiger partial charge < -0.3 is 9.80 Å². The van der Waals surface area contributed by atoms with Crippen molar-refractivity contribution in [3.63, 3.8) is 0 Å². The number of carbonyl (C=O) groups is 1. The van der Waals surface area contributed by atoms with Gasteiger partial charge in [-0.3, -0.25) is 4.79 Å². The van der Waals surface area contributed by atoms with Gasteiger partial charge in [0.1, 0.15) is 0 Å². The number of benzene rings is 1. The second kappa shape index (κ2) is 8.28. The van der Waals surface area contributed by atoms with Crippen molar-refractivity contribution in [2.45, 2.75) is 51.5 Å². The molecule has 0 saturated carbocycles. The largest absolute Gasteiger partial charge is 0.338 e. The van der Waals surface area contributed by atoms with Gasteiger partial charge in [0.2, 0.25) is 5.91 Å². The SMILES string of the molecule is CC(C)C(CN1CCCC1)N1CCCC(c2ccc(Cl)c(Cl)c2)C1=O. The summed E-state index contributed by atoms with van der Waals surface area (Å²) in [5.41, 5.74) is 0.993. The number of hydrogen-bond donors (Lipinski definition) is 0. The molecule has 2 aliphatic heterocycles. The lowest BCUT2D eigenvalue weighted by Crippen LogP contribution is -2.52. The Morgan fingerprint density at radius 1 is 1.08 bits per heavy atom. The Kier molecular flexibility index (Phi) is 6.30. The number of rotatable bonds is 5. The summed E-state index contributed by atoms with van der Waals surface area (Å²) in [7, 11) is 0. The number of nitrogens with zero attached hydrogens (tertiary/aromatic N) is 2. The third kappa shape index (κ3) is 4.32. The summed E-state index contributed by atoms with van der Waals surface area (Å²) in [6.07, 6.45) is 4.50. The molecule has 2 fully saturated rings. The van der Waals surface area contributed by atoms with Crippen molar-refractivity contribution in [2.24, 2.45) is 5.92 Å². The van der Waals surface area contributed by atoms with Gasteiger partial charge in [0.05, 0.1) is 16.0 Å². The van der Waals surface area contributed by atoms with Gasteiger partial charge >= 0.3 is 0 Å². The lowest BCUT2D eigenvalue weighted by molar-refractivity contribution is -0.139. The minimum atomic E-state index is -0.0941. The summed E-state index contributed by atoms with van der Waals surface area (Å²) in [5, 5.41) is 1.07. The molecule has 1 amide bonds. The average Bonchev–Trinajstić information content (AvgIpc) is 3.09. The predicted molar refractivity (Wildman–Crippen MR) is 104 cm³/mol. The van der Waals surface area contributed by atoms with Crippen molar-refractivity contribution in [1.29, 1.82) is 0 Å². The van der Waals surface area contributed by atoms with E-state index in [0.29, 0.717) is 16.0 Å². The molecule has 1 aromatic carbocycles. The molecule has 1 aromatic rings. The maximum absolute atomic E-state index is 13.3. The summed E-state index contributed by atoms with van der Waals surface area (Å²) >= 11 is 12.2. The van der Waals surface area contributed by atoms with Crippen molar-refractivity contribution in [3.8, 4) is 0 Å². The van der Waals surface area contributed by atoms with E-state index < -0.39 is 0 Å². The highest BCUT2D eigenvalue weighted by Gasteiger charge is 2.36. The Morgan fingerprint density at radius 2 is 1.80 bits per heavy atom. The second-order valence-electron chi connectivity index (χ2n) is 7.72. The average molecular weight is 383 g/mol. The Morgan fingerprint density at radius 3 is 2.44 bits per heavy atom. The van der Waals surface area contributed by atoms with E-state index in [1.54, 1.807) is 6.07 Å². The molecule has 138 valence electrons. The topological polar surface area (TPSA) is 23.6 Å². The fraction of sp³-hybridized carbons (Fsp3) is 0.650. The third-order valence-corrected chi connectivity index (χ3v) is 6.37. The van der Waals surface area contributed by atoms with Crippen LogP contribution in [-0.4, -0.2) is 47.9 Å². The molecule has 0 N–H and O–H groups in total. The molecule has 0 spiro atoms. The predicted octanol–water partition coefficient (Wildman–Crippen LogP) is 4.82. The summed E-state index contributed by atoms with van der Waals surface area (Å²) < 4.78 is 0. The lowest BCUT2D eigenvalue weighted by atomic mass is 9.87. The van der Waals surface area contributed by atoms with Crippen molar-refractivity contribution < 1.29 is 4.79 Å². The maximum Gasteiger partial charge on any atom is 0.230 e. The number of carbonyl (C=O) groups excluding carboxylic acids is 1. The Bertz CT molecular complexity index is 614. The van der Waals surface area contributed by atoms with Crippen molar-refractivity contribution in [2.75, 3.05) is 26.2 Å². The highest BCUT2D eigenvalue weighted by molar-refractivity contribution is 6.42. The van der Waals surface area contributed by atoms with Crippen LogP contribution in [0.3, 0.4) is 0 Å². The number of piperidine rings is 1. The zero-order valence-corrected chi connectivity index (χ0v) is 16.7. The fourth-order valence-electron chi connectivity index (χ4n) is 4.17. The van der Waals surface area contributed by atoms with Crippen LogP contribution in [0.15, 0.2) is 18.2 Å². The molecule has 3 rings (SSSR count). The Balaban J connectivity index is 1.78. The first-order valence-electron chi connectivity index (χ1n) is 9.45. The molecule has 2 atom stereocenters. The van der Waals surface area contributed by atoms with Crippen LogP contribution in [-0.2, 0) is 4.79 Å². The van der Waals surface area contributed by atoms with E-state index >= 15 is 0 Å². The van der Waals surface area contributed by atoms with Crippen molar-refractivity contribution in [3.05, 3.63) is 33.8 Å². The zero-order chi connectivity index (χ0) is 18.0. The van der Waals surface area contributed by atoms with E-state index in [1.165, 1.54) is 25.9 Å². The number of hydrogen-bond acceptors (Lipinski definition) is 2. The summed E-state index contributed by atoms with van der Waals surface area (Å²) in [6, 6.07) is 5.90. The van der Waals surface area contributed by atoms with Crippen molar-refractivity contribution >= 4 is 29.1 Å². The first-order valence-corrected chi connectivity index (χ1v) is 10.2. The summed E-state index contributed by atoms with van der Waals surface area (Å²) in [5.74, 6) is 0.614. The van der Waals surface area contributed by atoms with E-state index in [1.807, 2.05) is 12.1 Å². The zero-order valence-electron chi connectivity index (χ0n) is 15.2. The van der Waals surface area contributed by atoms with Crippen LogP contribution < -0.4 is 0 Å². The normalized spacial score (nSPS) is 23.5. The van der Waals surface area contributed by atoms with Crippen LogP contribution in [0, 0.1) is 5.92 Å². The van der Waals surface area contributed by atoms with Gasteiger partial charge in [-0.1, -0.05) is 43.1 Å². The summed E-state index contributed by atoms with van der Waals surface area (Å²) in [4.78, 5) is 17.9. The third-order valence-electron chi connectivity index (χ3n) is 5.63. The van der Waals surface area contributed by atoms with Crippen LogP contribution in [0.1, 0.15) is 51.0 Å². The molecule has 2 unspecified atom stereocenters. The smallest absolute Gasteiger partial charge is 0.230 e. The first-order chi connectivity index (χ1) is 12.0. The highest BCUT2D eigenvalue weighted by Crippen LogP contribution is 2.34. The number of halogens is 2. The van der Waals surface area contributed by atoms with Gasteiger partial charge in [0.15, 0.2) is 0 Å². The molecule has 2 heterocycles. The minimum Gasteiger partial charge on any atom is -0.338 e. The highest BCUT2D eigenvalue weighted by atomic mass is 35.5. The van der Waals surface area contributed by atoms with Gasteiger partial charge in [0.25, 0.3) is 0 Å². The fourth-order valence-corrected chi connectivity index (χ4v) is 4.47. The molecular formula is C20H28Cl2N2O. The standard InChI is InChI=1S/C20H28Cl2N2O/c1-14(2)19(13-23-9-3-4-10-23)24-11-5-6-16(20(24)25)15-7-8-17(21)18(22)12-15/h7-8,12,14,16,19H,3-6,9-11,13H2,1-2H3. The van der Waals surface area contributed by atoms with Gasteiger partial charge in [0, 0.05) is 19.1 Å². The second-order valence-corrected chi connectivity index (χ2v) is 8.53. The molecule has 0 aromatic heterocycles. The molecule has 0 aliphatic carbocycles. The van der Waals surface area contributed by atoms with Crippen LogP contribution in [0.5, 0.6) is 0 Å². The minimum absolute atomic E-state index is 0.0941. The van der Waals surface area contributed by atoms with Crippen LogP contribution in [0.2, 0.25) is 10.0 Å². The van der Waals surface area contributed by atoms with Crippen molar-refractivity contribution in [1.82, 2.24) is 9.80 Å². The Hall–Kier alpha value is -0.770. The van der Waals surface area contributed by atoms with Crippen LogP contribution >= 0.6 is 23.2 Å². The van der Waals surface area contributed by atoms with Gasteiger partial charge in [-0.15, -0.1) is 0 Å². The van der Waals surface area contributed by atoms with Gasteiger partial charge in [-0.2, -0.15) is 0 Å². The quantitative estimate of drug-likeness (QED) is 0.728. The monoisotopic (exact) mass is 382 g/mol. The molecule has 3 nitrogen and oxygen atoms in total. The molecule has 2 saturated heterocycles. The lowest BCUT2D eigenvalue weighted by Gasteiger charge is -2.41. The van der Waals surface area contributed by atoms with Crippen LogP contribution in [0.4, 0.5) is 0 Å². The molecule has 0 radical (unpaired) electrons. The molecule has 25 heavy (non-hydrogen) atoms. The Labute approximate surface area is 161 Å². The van der Waals surface area contributed by atoms with Crippen LogP contribution in [0.25, 0.3) is 0 Å². The molecule has 5 heteroatoms. The van der Waals surface area contributed by atoms with E-state index in [0.717, 1.165) is 31.5 Å². The van der Waals surface area contributed by atoms with E-state index in [-0.39, 0.29) is 17.9 Å². The van der Waals surface area contributed by atoms with E-state index in [2.05, 4.69) is 23.6 Å². The number of amides is 1. The molecule has 0 bridgehead atoms. The molecular weight excluding hydrogens is 355 g/mol. The van der Waals surface area contributed by atoms with Gasteiger partial charge in [-0.05, 0) is 62.4 Å². The first kappa shape index (κ1) is 19.0. The molecule has 2 aliphatic rings. The number of likely N-dealkylation sites (tertiary alicyclic amines) is 2. The van der Waals surface area contributed by atoms with E-state index in [9.17, 15) is 4.79 Å². The van der Waals surface area contributed by atoms with Gasteiger partial charge in [-0.25, -0.2) is 0 Å². The summed E-state index contributed by atoms with van der Waals surface area (Å²) in [6.45, 7) is 8.67.